The molecule has 0 amide bonds. The molecular formula is C6H8N2O2. The maximum Gasteiger partial charge on any atom is 0.339 e. The fourth-order valence-corrected chi connectivity index (χ4v) is 0.754. The van der Waals surface area contributed by atoms with Gasteiger partial charge in [-0.25, -0.2) is 4.79 Å². The Bertz CT molecular complexity index is 242. The molecule has 0 radical (unpaired) electrons. The second-order valence-electron chi connectivity index (χ2n) is 1.82. The normalized spacial score (nSPS) is 9.30. The van der Waals surface area contributed by atoms with E-state index < -0.39 is 5.97 Å². The lowest BCUT2D eigenvalue weighted by Gasteiger charge is -1.95. The second-order valence-corrected chi connectivity index (χ2v) is 1.82. The summed E-state index contributed by atoms with van der Waals surface area (Å²) in [5, 5.41) is 11.2. The Labute approximate surface area is 57.9 Å². The van der Waals surface area contributed by atoms with Crippen molar-refractivity contribution in [3.05, 3.63) is 17.8 Å². The first-order chi connectivity index (χ1) is 4.75. The Kier molecular flexibility index (Phi) is 1.62. The van der Waals surface area contributed by atoms with Gasteiger partial charge in [0.1, 0.15) is 11.4 Å². The molecule has 1 aromatic heterocycles. The van der Waals surface area contributed by atoms with Crippen molar-refractivity contribution in [2.24, 2.45) is 0 Å². The molecule has 54 valence electrons. The molecule has 0 saturated carbocycles. The van der Waals surface area contributed by atoms with Crippen LogP contribution in [0.25, 0.3) is 0 Å². The van der Waals surface area contributed by atoms with E-state index in [0.717, 1.165) is 0 Å². The number of hydrogen-bond acceptors (Lipinski definition) is 2. The zero-order valence-electron chi connectivity index (χ0n) is 5.51. The summed E-state index contributed by atoms with van der Waals surface area (Å²) in [5.41, 5.74) is 0.266. The Morgan fingerprint density at radius 2 is 2.50 bits per heavy atom. The number of aromatic nitrogens is 1. The first-order valence-electron chi connectivity index (χ1n) is 2.84. The topological polar surface area (TPSA) is 65.1 Å². The number of carbonyl (C=O) groups is 1. The van der Waals surface area contributed by atoms with E-state index in [4.69, 9.17) is 5.11 Å². The summed E-state index contributed by atoms with van der Waals surface area (Å²) >= 11 is 0. The van der Waals surface area contributed by atoms with E-state index in [1.807, 2.05) is 0 Å². The minimum absolute atomic E-state index is 0.266. The van der Waals surface area contributed by atoms with E-state index >= 15 is 0 Å². The fraction of sp³-hybridized carbons (Fsp3) is 0.167. The van der Waals surface area contributed by atoms with E-state index in [2.05, 4.69) is 10.3 Å². The van der Waals surface area contributed by atoms with Crippen molar-refractivity contribution >= 4 is 11.8 Å². The third-order valence-corrected chi connectivity index (χ3v) is 1.23. The maximum absolute atomic E-state index is 10.4. The molecule has 0 unspecified atom stereocenters. The van der Waals surface area contributed by atoms with Crippen LogP contribution in [0.5, 0.6) is 0 Å². The molecule has 1 rings (SSSR count). The van der Waals surface area contributed by atoms with Crippen molar-refractivity contribution in [3.63, 3.8) is 0 Å². The van der Waals surface area contributed by atoms with Crippen LogP contribution in [0.15, 0.2) is 12.3 Å². The first kappa shape index (κ1) is 6.67. The Hall–Kier alpha value is -1.45. The second kappa shape index (κ2) is 2.43. The van der Waals surface area contributed by atoms with Gasteiger partial charge in [0.05, 0.1) is 0 Å². The highest BCUT2D eigenvalue weighted by Gasteiger charge is 2.07. The molecule has 0 aliphatic carbocycles. The van der Waals surface area contributed by atoms with Gasteiger partial charge in [-0.2, -0.15) is 0 Å². The summed E-state index contributed by atoms with van der Waals surface area (Å²) < 4.78 is 0. The lowest BCUT2D eigenvalue weighted by Crippen LogP contribution is -1.99. The molecule has 0 bridgehead atoms. The van der Waals surface area contributed by atoms with Crippen LogP contribution >= 0.6 is 0 Å². The van der Waals surface area contributed by atoms with Crippen LogP contribution in [0.4, 0.5) is 5.82 Å². The van der Waals surface area contributed by atoms with Crippen LogP contribution < -0.4 is 5.32 Å². The van der Waals surface area contributed by atoms with Gasteiger partial charge in [0.25, 0.3) is 0 Å². The minimum Gasteiger partial charge on any atom is -0.478 e. The molecule has 4 heteroatoms. The molecule has 1 aromatic rings. The molecule has 1 heterocycles. The third kappa shape index (κ3) is 0.953. The van der Waals surface area contributed by atoms with Gasteiger partial charge in [-0.15, -0.1) is 0 Å². The highest BCUT2D eigenvalue weighted by atomic mass is 16.4. The van der Waals surface area contributed by atoms with Crippen LogP contribution in [0.1, 0.15) is 10.4 Å². The van der Waals surface area contributed by atoms with Gasteiger partial charge in [0.15, 0.2) is 0 Å². The number of carboxylic acids is 1. The summed E-state index contributed by atoms with van der Waals surface area (Å²) in [6, 6.07) is 1.51. The molecule has 0 saturated heterocycles. The number of aromatic carboxylic acids is 1. The van der Waals surface area contributed by atoms with E-state index in [9.17, 15) is 4.79 Å². The van der Waals surface area contributed by atoms with Gasteiger partial charge >= 0.3 is 5.97 Å². The fourth-order valence-electron chi connectivity index (χ4n) is 0.754. The number of nitrogens with one attached hydrogen (secondary N) is 2. The number of carboxylic acid groups (broad SMARTS) is 1. The van der Waals surface area contributed by atoms with Crippen LogP contribution in [0, 0.1) is 0 Å². The van der Waals surface area contributed by atoms with Gasteiger partial charge in [0, 0.05) is 13.2 Å². The summed E-state index contributed by atoms with van der Waals surface area (Å²) in [7, 11) is 1.66. The van der Waals surface area contributed by atoms with Gasteiger partial charge in [-0.05, 0) is 6.07 Å². The third-order valence-electron chi connectivity index (χ3n) is 1.23. The average molecular weight is 140 g/mol. The Morgan fingerprint density at radius 3 is 2.90 bits per heavy atom. The molecular weight excluding hydrogens is 132 g/mol. The van der Waals surface area contributed by atoms with Crippen molar-refractivity contribution < 1.29 is 9.90 Å². The molecule has 0 aliphatic heterocycles. The molecule has 0 fully saturated rings. The van der Waals surface area contributed by atoms with Crippen LogP contribution in [0.3, 0.4) is 0 Å². The van der Waals surface area contributed by atoms with Gasteiger partial charge in [-0.1, -0.05) is 0 Å². The van der Waals surface area contributed by atoms with Crippen molar-refractivity contribution in [2.45, 2.75) is 0 Å². The smallest absolute Gasteiger partial charge is 0.339 e. The largest absolute Gasteiger partial charge is 0.478 e. The molecule has 0 spiro atoms. The molecule has 10 heavy (non-hydrogen) atoms. The molecule has 3 N–H and O–H groups in total. The van der Waals surface area contributed by atoms with Crippen LogP contribution in [-0.4, -0.2) is 23.1 Å². The minimum atomic E-state index is -0.925. The summed E-state index contributed by atoms with van der Waals surface area (Å²) in [6.07, 6.45) is 1.58. The highest BCUT2D eigenvalue weighted by Crippen LogP contribution is 2.10. The van der Waals surface area contributed by atoms with E-state index in [-0.39, 0.29) is 5.56 Å². The number of aromatic amines is 1. The van der Waals surface area contributed by atoms with E-state index in [1.54, 1.807) is 13.2 Å². The number of anilines is 1. The van der Waals surface area contributed by atoms with Crippen LogP contribution in [0.2, 0.25) is 0 Å². The quantitative estimate of drug-likeness (QED) is 0.568. The van der Waals surface area contributed by atoms with Crippen molar-refractivity contribution in [3.8, 4) is 0 Å². The molecule has 4 nitrogen and oxygen atoms in total. The van der Waals surface area contributed by atoms with Crippen molar-refractivity contribution in [1.29, 1.82) is 0 Å². The maximum atomic E-state index is 10.4. The summed E-state index contributed by atoms with van der Waals surface area (Å²) in [6.45, 7) is 0. The van der Waals surface area contributed by atoms with E-state index in [1.165, 1.54) is 6.07 Å². The summed E-state index contributed by atoms with van der Waals surface area (Å²) in [4.78, 5) is 13.1. The van der Waals surface area contributed by atoms with Crippen LogP contribution in [-0.2, 0) is 0 Å². The van der Waals surface area contributed by atoms with Crippen molar-refractivity contribution in [2.75, 3.05) is 12.4 Å². The molecule has 0 atom stereocenters. The number of rotatable bonds is 2. The lowest BCUT2D eigenvalue weighted by molar-refractivity contribution is 0.0698. The van der Waals surface area contributed by atoms with Gasteiger partial charge < -0.3 is 15.4 Å². The number of hydrogen-bond donors (Lipinski definition) is 3. The standard InChI is InChI=1S/C6H8N2O2/c1-7-5-4(6(9)10)2-3-8-5/h2-3,7-8H,1H3,(H,9,10). The Morgan fingerprint density at radius 1 is 1.80 bits per heavy atom. The zero-order chi connectivity index (χ0) is 7.56. The molecule has 0 aliphatic rings. The van der Waals surface area contributed by atoms with Gasteiger partial charge in [0.2, 0.25) is 0 Å². The van der Waals surface area contributed by atoms with Crippen molar-refractivity contribution in [1.82, 2.24) is 4.98 Å². The molecule has 0 aromatic carbocycles. The SMILES string of the molecule is CNc1[nH]ccc1C(=O)O. The summed E-state index contributed by atoms with van der Waals surface area (Å²) in [5.74, 6) is -0.391. The highest BCUT2D eigenvalue weighted by molar-refractivity contribution is 5.93. The predicted molar refractivity (Wildman–Crippen MR) is 37.3 cm³/mol. The average Bonchev–Trinajstić information content (AvgIpc) is 2.33. The number of H-pyrrole nitrogens is 1. The van der Waals surface area contributed by atoms with E-state index in [0.29, 0.717) is 5.82 Å². The lowest BCUT2D eigenvalue weighted by atomic mass is 10.3. The zero-order valence-corrected chi connectivity index (χ0v) is 5.51. The predicted octanol–water partition coefficient (Wildman–Crippen LogP) is 0.755. The first-order valence-corrected chi connectivity index (χ1v) is 2.84. The monoisotopic (exact) mass is 140 g/mol. The van der Waals surface area contributed by atoms with Gasteiger partial charge in [-0.3, -0.25) is 0 Å². The Balaban J connectivity index is 3.01.